The van der Waals surface area contributed by atoms with Crippen LogP contribution in [0.2, 0.25) is 0 Å². The normalized spacial score (nSPS) is 20.6. The molecule has 1 fully saturated rings. The Morgan fingerprint density at radius 2 is 1.62 bits per heavy atom. The van der Waals surface area contributed by atoms with Crippen molar-refractivity contribution in [1.82, 2.24) is 10.2 Å². The van der Waals surface area contributed by atoms with Crippen molar-refractivity contribution in [2.45, 2.75) is 45.2 Å². The smallest absolute Gasteiger partial charge is 0.326 e. The highest BCUT2D eigenvalue weighted by molar-refractivity contribution is 5.88. The van der Waals surface area contributed by atoms with E-state index in [2.05, 4.69) is 24.1 Å². The Hall–Kier alpha value is -4.16. The number of aliphatic carboxylic acids is 1. The van der Waals surface area contributed by atoms with Gasteiger partial charge in [-0.2, -0.15) is 0 Å². The third-order valence-corrected chi connectivity index (χ3v) is 8.94. The Balaban J connectivity index is 1.41. The summed E-state index contributed by atoms with van der Waals surface area (Å²) >= 11 is 0. The molecule has 0 spiro atoms. The lowest BCUT2D eigenvalue weighted by Gasteiger charge is -2.45. The zero-order valence-corrected chi connectivity index (χ0v) is 24.3. The van der Waals surface area contributed by atoms with Crippen LogP contribution < -0.4 is 5.32 Å². The Morgan fingerprint density at radius 3 is 2.38 bits per heavy atom. The van der Waals surface area contributed by atoms with Crippen LogP contribution in [0.1, 0.15) is 43.0 Å². The van der Waals surface area contributed by atoms with Gasteiger partial charge < -0.3 is 15.5 Å². The number of fused-ring (bicyclic) bond motifs is 1. The number of carboxylic acid groups (broad SMARTS) is 1. The summed E-state index contributed by atoms with van der Waals surface area (Å²) in [6.45, 7) is 5.81. The topological polar surface area (TPSA) is 89.9 Å². The van der Waals surface area contributed by atoms with E-state index in [1.54, 1.807) is 6.07 Å². The molecule has 4 aromatic carbocycles. The van der Waals surface area contributed by atoms with Crippen molar-refractivity contribution >= 4 is 22.6 Å². The summed E-state index contributed by atoms with van der Waals surface area (Å²) in [7, 11) is 0. The molecule has 42 heavy (non-hydrogen) atoms. The number of nitrogens with one attached hydrogen (secondary N) is 1. The van der Waals surface area contributed by atoms with Gasteiger partial charge in [-0.15, -0.1) is 0 Å². The first-order valence-electron chi connectivity index (χ1n) is 14.9. The first kappa shape index (κ1) is 29.3. The molecule has 1 unspecified atom stereocenters. The van der Waals surface area contributed by atoms with Crippen LogP contribution in [0.5, 0.6) is 5.75 Å². The van der Waals surface area contributed by atoms with Crippen molar-refractivity contribution in [3.63, 3.8) is 0 Å². The number of carbonyl (C=O) groups excluding carboxylic acids is 1. The minimum absolute atomic E-state index is 0.0397. The Labute approximate surface area is 248 Å². The van der Waals surface area contributed by atoms with Gasteiger partial charge in [-0.25, -0.2) is 4.79 Å². The monoisotopic (exact) mass is 564 g/mol. The highest BCUT2D eigenvalue weighted by Crippen LogP contribution is 2.40. The molecule has 0 radical (unpaired) electrons. The highest BCUT2D eigenvalue weighted by atomic mass is 16.4. The maximum Gasteiger partial charge on any atom is 0.326 e. The second kappa shape index (κ2) is 13.2. The van der Waals surface area contributed by atoms with Gasteiger partial charge in [0, 0.05) is 19.0 Å². The largest absolute Gasteiger partial charge is 0.508 e. The molecule has 0 aromatic heterocycles. The van der Waals surface area contributed by atoms with E-state index >= 15 is 0 Å². The molecule has 0 bridgehead atoms. The summed E-state index contributed by atoms with van der Waals surface area (Å²) in [5.74, 6) is -0.720. The fourth-order valence-corrected chi connectivity index (χ4v) is 6.45. The van der Waals surface area contributed by atoms with Gasteiger partial charge in [0.2, 0.25) is 5.91 Å². The number of phenols is 1. The SMILES string of the molecule is C[C@@H]1CCN(C[C@H](Cc2ccccc2)C(=O)N[C@@H](Cc2cccc3ccccc23)C(=O)O)C(c2cccc(O)c2)[C@@H]1C. The summed E-state index contributed by atoms with van der Waals surface area (Å²) in [6.07, 6.45) is 1.71. The van der Waals surface area contributed by atoms with Crippen LogP contribution in [0.25, 0.3) is 10.8 Å². The molecule has 4 aromatic rings. The number of carbonyl (C=O) groups is 2. The van der Waals surface area contributed by atoms with Crippen LogP contribution in [0.15, 0.2) is 97.1 Å². The predicted octanol–water partition coefficient (Wildman–Crippen LogP) is 6.24. The fourth-order valence-electron chi connectivity index (χ4n) is 6.45. The molecule has 5 atom stereocenters. The van der Waals surface area contributed by atoms with E-state index in [4.69, 9.17) is 0 Å². The lowest BCUT2D eigenvalue weighted by Crippen LogP contribution is -2.50. The molecular formula is C36H40N2O4. The van der Waals surface area contributed by atoms with Crippen molar-refractivity contribution in [3.05, 3.63) is 114 Å². The zero-order valence-electron chi connectivity index (χ0n) is 24.3. The number of rotatable bonds is 10. The van der Waals surface area contributed by atoms with Gasteiger partial charge in [-0.1, -0.05) is 98.8 Å². The summed E-state index contributed by atoms with van der Waals surface area (Å²) < 4.78 is 0. The van der Waals surface area contributed by atoms with E-state index in [1.807, 2.05) is 91.0 Å². The fraction of sp³-hybridized carbons (Fsp3) is 0.333. The number of amides is 1. The number of hydrogen-bond donors (Lipinski definition) is 3. The standard InChI is InChI=1S/C36H40N2O4/c1-24-18-19-38(34(25(24)2)29-15-9-16-31(39)21-29)23-30(20-26-10-4-3-5-11-26)35(40)37-33(36(41)42)22-28-14-8-13-27-12-6-7-17-32(27)28/h3-17,21,24-25,30,33-34,39H,18-20,22-23H2,1-2H3,(H,37,40)(H,41,42)/t24-,25-,30+,33+,34?/m1/s1. The number of likely N-dealkylation sites (tertiary alicyclic amines) is 1. The Morgan fingerprint density at radius 1 is 0.905 bits per heavy atom. The van der Waals surface area contributed by atoms with Crippen LogP contribution in [0, 0.1) is 17.8 Å². The molecule has 1 amide bonds. The minimum atomic E-state index is -1.05. The van der Waals surface area contributed by atoms with Gasteiger partial charge >= 0.3 is 5.97 Å². The van der Waals surface area contributed by atoms with Crippen LogP contribution in [-0.2, 0) is 22.4 Å². The Kier molecular flexibility index (Phi) is 9.23. The number of aromatic hydroxyl groups is 1. The number of nitrogens with zero attached hydrogens (tertiary/aromatic N) is 1. The van der Waals surface area contributed by atoms with E-state index in [1.165, 1.54) is 0 Å². The third kappa shape index (κ3) is 6.82. The van der Waals surface area contributed by atoms with Crippen molar-refractivity contribution in [2.75, 3.05) is 13.1 Å². The van der Waals surface area contributed by atoms with E-state index in [0.717, 1.165) is 40.4 Å². The van der Waals surface area contributed by atoms with Crippen LogP contribution >= 0.6 is 0 Å². The van der Waals surface area contributed by atoms with Gasteiger partial charge in [0.15, 0.2) is 0 Å². The average Bonchev–Trinajstić information content (AvgIpc) is 2.99. The van der Waals surface area contributed by atoms with E-state index in [9.17, 15) is 19.8 Å². The van der Waals surface area contributed by atoms with Crippen LogP contribution in [-0.4, -0.2) is 46.1 Å². The highest BCUT2D eigenvalue weighted by Gasteiger charge is 2.37. The summed E-state index contributed by atoms with van der Waals surface area (Å²) in [5, 5.41) is 25.4. The van der Waals surface area contributed by atoms with Crippen LogP contribution in [0.3, 0.4) is 0 Å². The molecule has 6 nitrogen and oxygen atoms in total. The first-order valence-corrected chi connectivity index (χ1v) is 14.9. The molecule has 1 aliphatic rings. The lowest BCUT2D eigenvalue weighted by atomic mass is 9.78. The van der Waals surface area contributed by atoms with Gasteiger partial charge in [0.25, 0.3) is 0 Å². The summed E-state index contributed by atoms with van der Waals surface area (Å²) in [5.41, 5.74) is 2.96. The summed E-state index contributed by atoms with van der Waals surface area (Å²) in [4.78, 5) is 28.8. The molecule has 0 saturated carbocycles. The number of phenolic OH excluding ortho intramolecular Hbond substituents is 1. The van der Waals surface area contributed by atoms with Gasteiger partial charge in [-0.05, 0) is 70.8 Å². The predicted molar refractivity (Wildman–Crippen MR) is 166 cm³/mol. The minimum Gasteiger partial charge on any atom is -0.508 e. The molecule has 218 valence electrons. The van der Waals surface area contributed by atoms with E-state index < -0.39 is 17.9 Å². The molecular weight excluding hydrogens is 524 g/mol. The molecule has 3 N–H and O–H groups in total. The quantitative estimate of drug-likeness (QED) is 0.212. The first-order chi connectivity index (χ1) is 20.3. The van der Waals surface area contributed by atoms with Gasteiger partial charge in [0.05, 0.1) is 5.92 Å². The van der Waals surface area contributed by atoms with Gasteiger partial charge in [0.1, 0.15) is 11.8 Å². The molecule has 5 rings (SSSR count). The van der Waals surface area contributed by atoms with Crippen molar-refractivity contribution in [1.29, 1.82) is 0 Å². The molecule has 0 aliphatic carbocycles. The maximum atomic E-state index is 14.0. The average molecular weight is 565 g/mol. The molecule has 6 heteroatoms. The number of hydrogen-bond acceptors (Lipinski definition) is 4. The third-order valence-electron chi connectivity index (χ3n) is 8.94. The molecule has 1 saturated heterocycles. The number of carboxylic acids is 1. The maximum absolute atomic E-state index is 14.0. The second-order valence-electron chi connectivity index (χ2n) is 11.8. The van der Waals surface area contributed by atoms with Gasteiger partial charge in [-0.3, -0.25) is 9.69 Å². The molecule has 1 aliphatic heterocycles. The summed E-state index contributed by atoms with van der Waals surface area (Å²) in [6, 6.07) is 30.1. The van der Waals surface area contributed by atoms with Crippen molar-refractivity contribution in [2.24, 2.45) is 17.8 Å². The van der Waals surface area contributed by atoms with Crippen molar-refractivity contribution < 1.29 is 19.8 Å². The number of benzene rings is 4. The van der Waals surface area contributed by atoms with E-state index in [-0.39, 0.29) is 24.1 Å². The number of piperidine rings is 1. The Bertz CT molecular complexity index is 1520. The lowest BCUT2D eigenvalue weighted by molar-refractivity contribution is -0.142. The second-order valence-corrected chi connectivity index (χ2v) is 11.8. The van der Waals surface area contributed by atoms with E-state index in [0.29, 0.717) is 24.8 Å². The zero-order chi connectivity index (χ0) is 29.6. The molecule has 1 heterocycles. The van der Waals surface area contributed by atoms with Crippen LogP contribution in [0.4, 0.5) is 0 Å². The van der Waals surface area contributed by atoms with Crippen molar-refractivity contribution in [3.8, 4) is 5.75 Å².